The summed E-state index contributed by atoms with van der Waals surface area (Å²) in [4.78, 5) is 13.2. The summed E-state index contributed by atoms with van der Waals surface area (Å²) in [5.74, 6) is 4.06. The van der Waals surface area contributed by atoms with Crippen molar-refractivity contribution in [1.82, 2.24) is 0 Å². The van der Waals surface area contributed by atoms with Gasteiger partial charge in [-0.1, -0.05) is 48.2 Å². The highest BCUT2D eigenvalue weighted by atomic mass is 16.7. The second kappa shape index (κ2) is 7.81. The van der Waals surface area contributed by atoms with Gasteiger partial charge in [0.25, 0.3) is 0 Å². The molecule has 0 aromatic heterocycles. The fourth-order valence-electron chi connectivity index (χ4n) is 3.75. The second-order valence-corrected chi connectivity index (χ2v) is 8.03. The minimum absolute atomic E-state index is 0.128. The standard InChI is InChI=1S/C23H28O5/c1-5-6-10-13-23(25)14-19(24)22(4,27-15-17-11-8-7-9-12-17)20-18(23)16-26-21(2,3)28-20/h5-9,11-12,18,20,25H,14-16H2,1-4H3/b6-5+/t18-,20-,22+,23?/m0/s1. The van der Waals surface area contributed by atoms with E-state index in [9.17, 15) is 9.90 Å². The van der Waals surface area contributed by atoms with Gasteiger partial charge in [0.05, 0.1) is 25.6 Å². The third-order valence-electron chi connectivity index (χ3n) is 5.45. The molecule has 0 bridgehead atoms. The van der Waals surface area contributed by atoms with Crippen LogP contribution in [0.15, 0.2) is 42.5 Å². The molecule has 3 rings (SSSR count). The molecule has 5 nitrogen and oxygen atoms in total. The maximum absolute atomic E-state index is 13.2. The Hall–Kier alpha value is -1.97. The van der Waals surface area contributed by atoms with E-state index in [1.165, 1.54) is 0 Å². The number of aliphatic hydroxyl groups is 1. The van der Waals surface area contributed by atoms with Gasteiger partial charge in [0.15, 0.2) is 17.2 Å². The van der Waals surface area contributed by atoms with Gasteiger partial charge in [0.1, 0.15) is 11.7 Å². The fourth-order valence-corrected chi connectivity index (χ4v) is 3.75. The highest BCUT2D eigenvalue weighted by Gasteiger charge is 2.62. The lowest BCUT2D eigenvalue weighted by atomic mass is 9.66. The van der Waals surface area contributed by atoms with E-state index in [1.54, 1.807) is 32.9 Å². The van der Waals surface area contributed by atoms with Crippen molar-refractivity contribution in [2.75, 3.05) is 6.61 Å². The molecule has 5 heteroatoms. The van der Waals surface area contributed by atoms with Gasteiger partial charge in [-0.15, -0.1) is 0 Å². The molecule has 1 saturated carbocycles. The number of ketones is 1. The molecule has 0 radical (unpaired) electrons. The lowest BCUT2D eigenvalue weighted by molar-refractivity contribution is -0.342. The van der Waals surface area contributed by atoms with Crippen LogP contribution in [0.2, 0.25) is 0 Å². The third-order valence-corrected chi connectivity index (χ3v) is 5.45. The van der Waals surface area contributed by atoms with E-state index in [2.05, 4.69) is 11.8 Å². The molecular weight excluding hydrogens is 356 g/mol. The highest BCUT2D eigenvalue weighted by Crippen LogP contribution is 2.46. The number of ether oxygens (including phenoxy) is 3. The number of hydrogen-bond donors (Lipinski definition) is 1. The molecule has 0 amide bonds. The van der Waals surface area contributed by atoms with Gasteiger partial charge in [-0.05, 0) is 39.3 Å². The number of Topliss-reactive ketones (excluding diaryl/α,β-unsaturated/α-hetero) is 1. The maximum atomic E-state index is 13.2. The number of rotatable bonds is 3. The van der Waals surface area contributed by atoms with Crippen molar-refractivity contribution in [3.05, 3.63) is 48.0 Å². The molecule has 150 valence electrons. The van der Waals surface area contributed by atoms with Gasteiger partial charge >= 0.3 is 0 Å². The average Bonchev–Trinajstić information content (AvgIpc) is 2.65. The predicted octanol–water partition coefficient (Wildman–Crippen LogP) is 3.01. The summed E-state index contributed by atoms with van der Waals surface area (Å²) in [6.07, 6.45) is 2.62. The molecule has 2 fully saturated rings. The van der Waals surface area contributed by atoms with Crippen LogP contribution >= 0.6 is 0 Å². The largest absolute Gasteiger partial charge is 0.377 e. The van der Waals surface area contributed by atoms with Crippen LogP contribution in [0.5, 0.6) is 0 Å². The molecule has 1 saturated heterocycles. The normalized spacial score (nSPS) is 34.5. The van der Waals surface area contributed by atoms with Crippen LogP contribution in [-0.4, -0.2) is 40.6 Å². The van der Waals surface area contributed by atoms with Crippen LogP contribution < -0.4 is 0 Å². The Bertz CT molecular complexity index is 803. The first-order valence-electron chi connectivity index (χ1n) is 9.59. The molecule has 1 unspecified atom stereocenters. The van der Waals surface area contributed by atoms with E-state index >= 15 is 0 Å². The lowest BCUT2D eigenvalue weighted by Crippen LogP contribution is -2.69. The second-order valence-electron chi connectivity index (χ2n) is 8.03. The van der Waals surface area contributed by atoms with Crippen LogP contribution in [0, 0.1) is 17.8 Å². The minimum atomic E-state index is -1.52. The highest BCUT2D eigenvalue weighted by molar-refractivity contribution is 5.90. The van der Waals surface area contributed by atoms with Crippen molar-refractivity contribution in [1.29, 1.82) is 0 Å². The number of carbonyl (C=O) groups excluding carboxylic acids is 1. The van der Waals surface area contributed by atoms with Crippen molar-refractivity contribution >= 4 is 5.78 Å². The molecule has 1 aromatic rings. The van der Waals surface area contributed by atoms with Crippen LogP contribution in [-0.2, 0) is 25.6 Å². The molecule has 1 heterocycles. The Morgan fingerprint density at radius 3 is 2.68 bits per heavy atom. The quantitative estimate of drug-likeness (QED) is 0.812. The predicted molar refractivity (Wildman–Crippen MR) is 105 cm³/mol. The van der Waals surface area contributed by atoms with Gasteiger partial charge in [-0.3, -0.25) is 4.79 Å². The third kappa shape index (κ3) is 4.06. The Kier molecular flexibility index (Phi) is 5.79. The molecule has 0 spiro atoms. The summed E-state index contributed by atoms with van der Waals surface area (Å²) in [7, 11) is 0. The zero-order chi connectivity index (χ0) is 20.4. The van der Waals surface area contributed by atoms with Crippen molar-refractivity contribution < 1.29 is 24.1 Å². The van der Waals surface area contributed by atoms with E-state index in [0.29, 0.717) is 0 Å². The molecule has 1 N–H and O–H groups in total. The zero-order valence-corrected chi connectivity index (χ0v) is 16.9. The van der Waals surface area contributed by atoms with Crippen LogP contribution in [0.1, 0.15) is 39.7 Å². The Balaban J connectivity index is 1.93. The van der Waals surface area contributed by atoms with Crippen LogP contribution in [0.25, 0.3) is 0 Å². The van der Waals surface area contributed by atoms with Crippen molar-refractivity contribution in [2.45, 2.75) is 63.8 Å². The molecule has 1 aromatic carbocycles. The average molecular weight is 384 g/mol. The fraction of sp³-hybridized carbons (Fsp3) is 0.522. The first-order chi connectivity index (χ1) is 13.2. The number of benzene rings is 1. The summed E-state index contributed by atoms with van der Waals surface area (Å²) >= 11 is 0. The van der Waals surface area contributed by atoms with Crippen molar-refractivity contribution in [3.8, 4) is 11.8 Å². The molecule has 1 aliphatic heterocycles. The number of hydrogen-bond acceptors (Lipinski definition) is 5. The minimum Gasteiger partial charge on any atom is -0.377 e. The van der Waals surface area contributed by atoms with E-state index in [4.69, 9.17) is 14.2 Å². The summed E-state index contributed by atoms with van der Waals surface area (Å²) in [6, 6.07) is 9.68. The van der Waals surface area contributed by atoms with Gasteiger partial charge < -0.3 is 19.3 Å². The van der Waals surface area contributed by atoms with E-state index in [1.807, 2.05) is 37.3 Å². The van der Waals surface area contributed by atoms with Gasteiger partial charge in [0, 0.05) is 0 Å². The molecule has 28 heavy (non-hydrogen) atoms. The summed E-state index contributed by atoms with van der Waals surface area (Å²) in [5.41, 5.74) is -1.75. The van der Waals surface area contributed by atoms with Crippen LogP contribution in [0.3, 0.4) is 0 Å². The number of fused-ring (bicyclic) bond motifs is 1. The van der Waals surface area contributed by atoms with Crippen molar-refractivity contribution in [3.63, 3.8) is 0 Å². The first-order valence-corrected chi connectivity index (χ1v) is 9.59. The zero-order valence-electron chi connectivity index (χ0n) is 16.9. The number of allylic oxidation sites excluding steroid dienone is 2. The first kappa shape index (κ1) is 20.8. The van der Waals surface area contributed by atoms with Gasteiger partial charge in [0.2, 0.25) is 0 Å². The van der Waals surface area contributed by atoms with E-state index in [0.717, 1.165) is 5.56 Å². The van der Waals surface area contributed by atoms with E-state index < -0.39 is 29.0 Å². The maximum Gasteiger partial charge on any atom is 0.170 e. The van der Waals surface area contributed by atoms with E-state index in [-0.39, 0.29) is 25.4 Å². The Labute approximate surface area is 166 Å². The Morgan fingerprint density at radius 1 is 1.29 bits per heavy atom. The smallest absolute Gasteiger partial charge is 0.170 e. The molecule has 4 atom stereocenters. The SMILES string of the molecule is C/C=C/C#CC1(O)CC(=O)[C@@](C)(OCc2ccccc2)[C@H]2OC(C)(C)OC[C@@H]21. The molecule has 2 aliphatic rings. The summed E-state index contributed by atoms with van der Waals surface area (Å²) in [5, 5.41) is 11.2. The Morgan fingerprint density at radius 2 is 2.00 bits per heavy atom. The lowest BCUT2D eigenvalue weighted by Gasteiger charge is -2.54. The topological polar surface area (TPSA) is 65.0 Å². The van der Waals surface area contributed by atoms with Crippen LogP contribution in [0.4, 0.5) is 0 Å². The van der Waals surface area contributed by atoms with Crippen molar-refractivity contribution in [2.24, 2.45) is 5.92 Å². The monoisotopic (exact) mass is 384 g/mol. The summed E-state index contributed by atoms with van der Waals surface area (Å²) < 4.78 is 18.1. The molecule has 1 aliphatic carbocycles. The number of carbonyl (C=O) groups is 1. The summed E-state index contributed by atoms with van der Waals surface area (Å²) in [6.45, 7) is 7.69. The van der Waals surface area contributed by atoms with Gasteiger partial charge in [-0.2, -0.15) is 0 Å². The van der Waals surface area contributed by atoms with Gasteiger partial charge in [-0.25, -0.2) is 0 Å². The molecular formula is C23H28O5.